The first-order chi connectivity index (χ1) is 9.65. The summed E-state index contributed by atoms with van der Waals surface area (Å²) in [6.07, 6.45) is 5.09. The molecule has 0 amide bonds. The van der Waals surface area contributed by atoms with Gasteiger partial charge in [-0.2, -0.15) is 0 Å². The predicted molar refractivity (Wildman–Crippen MR) is 88.3 cm³/mol. The second-order valence-corrected chi connectivity index (χ2v) is 6.35. The summed E-state index contributed by atoms with van der Waals surface area (Å²) in [6, 6.07) is 0. The van der Waals surface area contributed by atoms with E-state index in [1.807, 2.05) is 7.05 Å². The maximum Gasteiger partial charge on any atom is 0.190 e. The van der Waals surface area contributed by atoms with Crippen molar-refractivity contribution < 1.29 is 0 Å². The largest absolute Gasteiger partial charge is 0.356 e. The third-order valence-electron chi connectivity index (χ3n) is 4.04. The van der Waals surface area contributed by atoms with Crippen LogP contribution in [0.25, 0.3) is 0 Å². The molecule has 1 saturated heterocycles. The number of rotatable bonds is 7. The molecule has 1 fully saturated rings. The minimum absolute atomic E-state index is 0.739. The lowest BCUT2D eigenvalue weighted by atomic mass is 9.97. The van der Waals surface area contributed by atoms with E-state index in [9.17, 15) is 0 Å². The molecule has 1 rings (SSSR count). The molecule has 0 atom stereocenters. The van der Waals surface area contributed by atoms with Crippen molar-refractivity contribution in [1.82, 2.24) is 15.5 Å². The highest BCUT2D eigenvalue weighted by Crippen LogP contribution is 2.16. The first-order valence-corrected chi connectivity index (χ1v) is 8.32. The summed E-state index contributed by atoms with van der Waals surface area (Å²) in [7, 11) is 1.86. The van der Waals surface area contributed by atoms with E-state index < -0.39 is 0 Å². The van der Waals surface area contributed by atoms with E-state index in [1.54, 1.807) is 0 Å². The Morgan fingerprint density at radius 3 is 2.50 bits per heavy atom. The Morgan fingerprint density at radius 1 is 1.25 bits per heavy atom. The van der Waals surface area contributed by atoms with Gasteiger partial charge in [0, 0.05) is 20.1 Å². The number of nitrogens with one attached hydrogen (secondary N) is 2. The van der Waals surface area contributed by atoms with Gasteiger partial charge in [-0.15, -0.1) is 0 Å². The number of nitrogens with zero attached hydrogens (tertiary/aromatic N) is 2. The predicted octanol–water partition coefficient (Wildman–Crippen LogP) is 2.32. The minimum atomic E-state index is 0.739. The van der Waals surface area contributed by atoms with Crippen LogP contribution >= 0.6 is 0 Å². The van der Waals surface area contributed by atoms with Crippen LogP contribution in [-0.2, 0) is 0 Å². The summed E-state index contributed by atoms with van der Waals surface area (Å²) in [5.41, 5.74) is 0. The van der Waals surface area contributed by atoms with Crippen LogP contribution in [0.1, 0.15) is 46.5 Å². The molecule has 4 heteroatoms. The monoisotopic (exact) mass is 282 g/mol. The second-order valence-electron chi connectivity index (χ2n) is 6.35. The molecule has 0 aromatic rings. The molecule has 0 aromatic carbocycles. The smallest absolute Gasteiger partial charge is 0.190 e. The summed E-state index contributed by atoms with van der Waals surface area (Å²) < 4.78 is 0. The van der Waals surface area contributed by atoms with Crippen molar-refractivity contribution in [3.63, 3.8) is 0 Å². The van der Waals surface area contributed by atoms with Crippen LogP contribution < -0.4 is 10.6 Å². The molecule has 0 bridgehead atoms. The van der Waals surface area contributed by atoms with Gasteiger partial charge in [0.2, 0.25) is 0 Å². The Kier molecular flexibility index (Phi) is 8.67. The Morgan fingerprint density at radius 2 is 1.95 bits per heavy atom. The van der Waals surface area contributed by atoms with Crippen LogP contribution in [0, 0.1) is 11.8 Å². The van der Waals surface area contributed by atoms with Crippen molar-refractivity contribution in [2.24, 2.45) is 16.8 Å². The molecule has 1 aliphatic rings. The fourth-order valence-electron chi connectivity index (χ4n) is 2.67. The fourth-order valence-corrected chi connectivity index (χ4v) is 2.67. The molecule has 0 radical (unpaired) electrons. The Hall–Kier alpha value is -0.770. The van der Waals surface area contributed by atoms with Gasteiger partial charge < -0.3 is 15.5 Å². The highest BCUT2D eigenvalue weighted by molar-refractivity contribution is 5.79. The molecule has 0 spiro atoms. The molecule has 2 N–H and O–H groups in total. The van der Waals surface area contributed by atoms with Gasteiger partial charge in [-0.1, -0.05) is 20.8 Å². The van der Waals surface area contributed by atoms with E-state index in [0.717, 1.165) is 30.9 Å². The number of aliphatic imine (C=N–C) groups is 1. The average Bonchev–Trinajstić information content (AvgIpc) is 2.44. The lowest BCUT2D eigenvalue weighted by Gasteiger charge is -2.32. The number of likely N-dealkylation sites (tertiary alicyclic amines) is 1. The van der Waals surface area contributed by atoms with Crippen molar-refractivity contribution in [3.8, 4) is 0 Å². The highest BCUT2D eigenvalue weighted by Gasteiger charge is 2.18. The molecule has 0 aromatic heterocycles. The van der Waals surface area contributed by atoms with Crippen LogP contribution in [0.2, 0.25) is 0 Å². The SMILES string of the molecule is CCCN1CCC(CNC(=NC)NCCC(C)C)CC1. The molecule has 4 nitrogen and oxygen atoms in total. The summed E-state index contributed by atoms with van der Waals surface area (Å²) in [6.45, 7) is 12.6. The van der Waals surface area contributed by atoms with Gasteiger partial charge in [0.25, 0.3) is 0 Å². The molecule has 118 valence electrons. The fraction of sp³-hybridized carbons (Fsp3) is 0.938. The van der Waals surface area contributed by atoms with Gasteiger partial charge in [-0.3, -0.25) is 4.99 Å². The maximum atomic E-state index is 4.30. The third kappa shape index (κ3) is 7.13. The van der Waals surface area contributed by atoms with E-state index >= 15 is 0 Å². The van der Waals surface area contributed by atoms with E-state index in [2.05, 4.69) is 41.3 Å². The molecule has 20 heavy (non-hydrogen) atoms. The lowest BCUT2D eigenvalue weighted by molar-refractivity contribution is 0.185. The topological polar surface area (TPSA) is 39.7 Å². The Balaban J connectivity index is 2.15. The number of hydrogen-bond acceptors (Lipinski definition) is 2. The highest BCUT2D eigenvalue weighted by atomic mass is 15.2. The molecular formula is C16H34N4. The Bertz CT molecular complexity index is 268. The van der Waals surface area contributed by atoms with Gasteiger partial charge in [-0.05, 0) is 57.2 Å². The van der Waals surface area contributed by atoms with Crippen molar-refractivity contribution in [2.75, 3.05) is 39.8 Å². The van der Waals surface area contributed by atoms with E-state index in [4.69, 9.17) is 0 Å². The number of piperidine rings is 1. The van der Waals surface area contributed by atoms with E-state index in [0.29, 0.717) is 0 Å². The normalized spacial score (nSPS) is 18.6. The first-order valence-electron chi connectivity index (χ1n) is 8.32. The zero-order valence-corrected chi connectivity index (χ0v) is 13.9. The summed E-state index contributed by atoms with van der Waals surface area (Å²) in [5.74, 6) is 2.50. The van der Waals surface area contributed by atoms with Gasteiger partial charge in [0.1, 0.15) is 0 Å². The maximum absolute atomic E-state index is 4.30. The van der Waals surface area contributed by atoms with Gasteiger partial charge in [-0.25, -0.2) is 0 Å². The average molecular weight is 282 g/mol. The molecule has 1 aliphatic heterocycles. The van der Waals surface area contributed by atoms with Crippen molar-refractivity contribution >= 4 is 5.96 Å². The molecule has 1 heterocycles. The lowest BCUT2D eigenvalue weighted by Crippen LogP contribution is -2.43. The minimum Gasteiger partial charge on any atom is -0.356 e. The van der Waals surface area contributed by atoms with Crippen molar-refractivity contribution in [2.45, 2.75) is 46.5 Å². The van der Waals surface area contributed by atoms with Crippen LogP contribution in [0.5, 0.6) is 0 Å². The Labute approximate surface area is 125 Å². The van der Waals surface area contributed by atoms with Crippen molar-refractivity contribution in [3.05, 3.63) is 0 Å². The van der Waals surface area contributed by atoms with E-state index in [-0.39, 0.29) is 0 Å². The third-order valence-corrected chi connectivity index (χ3v) is 4.04. The van der Waals surface area contributed by atoms with Crippen LogP contribution in [0.4, 0.5) is 0 Å². The summed E-state index contributed by atoms with van der Waals surface area (Å²) in [4.78, 5) is 6.89. The zero-order chi connectivity index (χ0) is 14.8. The molecule has 0 unspecified atom stereocenters. The number of hydrogen-bond donors (Lipinski definition) is 2. The van der Waals surface area contributed by atoms with Gasteiger partial charge in [0.15, 0.2) is 5.96 Å². The van der Waals surface area contributed by atoms with Crippen LogP contribution in [-0.4, -0.2) is 50.6 Å². The molecule has 0 saturated carbocycles. The number of guanidine groups is 1. The van der Waals surface area contributed by atoms with E-state index in [1.165, 1.54) is 45.3 Å². The quantitative estimate of drug-likeness (QED) is 0.556. The molecular weight excluding hydrogens is 248 g/mol. The van der Waals surface area contributed by atoms with Gasteiger partial charge >= 0.3 is 0 Å². The molecule has 0 aliphatic carbocycles. The van der Waals surface area contributed by atoms with Crippen molar-refractivity contribution in [1.29, 1.82) is 0 Å². The van der Waals surface area contributed by atoms with Crippen LogP contribution in [0.3, 0.4) is 0 Å². The summed E-state index contributed by atoms with van der Waals surface area (Å²) >= 11 is 0. The standard InChI is InChI=1S/C16H34N4/c1-5-10-20-11-7-15(8-12-20)13-19-16(17-4)18-9-6-14(2)3/h14-15H,5-13H2,1-4H3,(H2,17,18,19). The zero-order valence-electron chi connectivity index (χ0n) is 13.9. The summed E-state index contributed by atoms with van der Waals surface area (Å²) in [5, 5.41) is 6.88. The first kappa shape index (κ1) is 17.3. The van der Waals surface area contributed by atoms with Gasteiger partial charge in [0.05, 0.1) is 0 Å². The van der Waals surface area contributed by atoms with Crippen LogP contribution in [0.15, 0.2) is 4.99 Å². The second kappa shape index (κ2) is 10.0.